The summed E-state index contributed by atoms with van der Waals surface area (Å²) in [7, 11) is 0. The number of alkyl halides is 1. The van der Waals surface area contributed by atoms with Crippen LogP contribution in [0.4, 0.5) is 4.39 Å². The lowest BCUT2D eigenvalue weighted by Crippen LogP contribution is -1.89. The molecule has 0 aromatic heterocycles. The van der Waals surface area contributed by atoms with E-state index in [1.165, 1.54) is 13.0 Å². The van der Waals surface area contributed by atoms with Crippen LogP contribution in [-0.4, -0.2) is 6.17 Å². The van der Waals surface area contributed by atoms with Gasteiger partial charge in [0.05, 0.1) is 5.03 Å². The molecule has 0 aliphatic heterocycles. The Kier molecular flexibility index (Phi) is 6.88. The summed E-state index contributed by atoms with van der Waals surface area (Å²) in [5, 5.41) is 0.414. The van der Waals surface area contributed by atoms with Gasteiger partial charge < -0.3 is 0 Å². The summed E-state index contributed by atoms with van der Waals surface area (Å²) in [6.07, 6.45) is 7.09. The van der Waals surface area contributed by atoms with Crippen molar-refractivity contribution in [2.75, 3.05) is 0 Å². The first kappa shape index (κ1) is 14.0. The summed E-state index contributed by atoms with van der Waals surface area (Å²) < 4.78 is 12.5. The van der Waals surface area contributed by atoms with E-state index >= 15 is 0 Å². The predicted octanol–water partition coefficient (Wildman–Crippen LogP) is 4.37. The molecule has 0 saturated heterocycles. The van der Waals surface area contributed by atoms with Crippen LogP contribution in [0.5, 0.6) is 0 Å². The Morgan fingerprint density at radius 1 is 1.47 bits per heavy atom. The molecular formula is C13H16ClF. The van der Waals surface area contributed by atoms with Gasteiger partial charge >= 0.3 is 0 Å². The van der Waals surface area contributed by atoms with Gasteiger partial charge in [0.15, 0.2) is 0 Å². The minimum absolute atomic E-state index is 0.414. The molecule has 0 aliphatic rings. The van der Waals surface area contributed by atoms with E-state index in [2.05, 4.69) is 11.7 Å². The van der Waals surface area contributed by atoms with Crippen molar-refractivity contribution >= 4 is 11.6 Å². The van der Waals surface area contributed by atoms with Crippen LogP contribution in [0.25, 0.3) is 0 Å². The second kappa shape index (κ2) is 7.35. The molecule has 0 fully saturated rings. The molecular weight excluding hydrogens is 211 g/mol. The van der Waals surface area contributed by atoms with E-state index in [1.807, 2.05) is 13.8 Å². The zero-order valence-corrected chi connectivity index (χ0v) is 10.2. The van der Waals surface area contributed by atoms with Crippen molar-refractivity contribution < 1.29 is 4.39 Å². The molecule has 15 heavy (non-hydrogen) atoms. The second-order valence-electron chi connectivity index (χ2n) is 3.11. The molecule has 82 valence electrons. The van der Waals surface area contributed by atoms with Crippen LogP contribution in [0.15, 0.2) is 28.0 Å². The molecule has 0 aliphatic carbocycles. The molecule has 0 aromatic rings. The van der Waals surface area contributed by atoms with Gasteiger partial charge in [0.1, 0.15) is 6.17 Å². The zero-order chi connectivity index (χ0) is 11.8. The Morgan fingerprint density at radius 3 is 2.40 bits per heavy atom. The monoisotopic (exact) mass is 226 g/mol. The number of hydrogen-bond acceptors (Lipinski definition) is 0. The Labute approximate surface area is 96.5 Å². The van der Waals surface area contributed by atoms with Crippen LogP contribution in [-0.2, 0) is 0 Å². The molecule has 1 unspecified atom stereocenters. The normalized spacial score (nSPS) is 13.3. The zero-order valence-electron chi connectivity index (χ0n) is 9.40. The summed E-state index contributed by atoms with van der Waals surface area (Å²) in [4.78, 5) is 0. The first-order chi connectivity index (χ1) is 7.06. The molecule has 0 N–H and O–H groups in total. The van der Waals surface area contributed by atoms with Crippen LogP contribution in [0.1, 0.15) is 33.6 Å². The van der Waals surface area contributed by atoms with E-state index in [1.54, 1.807) is 0 Å². The SMILES string of the molecule is C#C/C(CC)=C(/CC)C(Cl)=C=CC(C)F. The highest BCUT2D eigenvalue weighted by molar-refractivity contribution is 6.32. The molecule has 0 heterocycles. The highest BCUT2D eigenvalue weighted by Crippen LogP contribution is 2.22. The topological polar surface area (TPSA) is 0 Å². The number of terminal acetylenes is 1. The Hall–Kier alpha value is -0.960. The van der Waals surface area contributed by atoms with E-state index in [9.17, 15) is 4.39 Å². The van der Waals surface area contributed by atoms with E-state index in [0.717, 1.165) is 24.0 Å². The summed E-state index contributed by atoms with van der Waals surface area (Å²) in [6, 6.07) is 0. The van der Waals surface area contributed by atoms with Crippen molar-refractivity contribution in [3.63, 3.8) is 0 Å². The third-order valence-electron chi connectivity index (χ3n) is 1.95. The molecule has 2 heteroatoms. The van der Waals surface area contributed by atoms with Gasteiger partial charge in [0.2, 0.25) is 0 Å². The van der Waals surface area contributed by atoms with E-state index < -0.39 is 6.17 Å². The quantitative estimate of drug-likeness (QED) is 0.379. The van der Waals surface area contributed by atoms with Crippen LogP contribution < -0.4 is 0 Å². The Balaban J connectivity index is 5.26. The fraction of sp³-hybridized carbons (Fsp3) is 0.462. The minimum Gasteiger partial charge on any atom is -0.243 e. The van der Waals surface area contributed by atoms with E-state index in [4.69, 9.17) is 18.0 Å². The van der Waals surface area contributed by atoms with Gasteiger partial charge in [-0.1, -0.05) is 31.4 Å². The average Bonchev–Trinajstić information content (AvgIpc) is 2.22. The fourth-order valence-corrected chi connectivity index (χ4v) is 1.49. The lowest BCUT2D eigenvalue weighted by Gasteiger charge is -2.04. The number of rotatable bonds is 4. The molecule has 0 saturated carbocycles. The molecule has 0 aromatic carbocycles. The van der Waals surface area contributed by atoms with Gasteiger partial charge in [-0.3, -0.25) is 0 Å². The van der Waals surface area contributed by atoms with Crippen molar-refractivity contribution in [3.8, 4) is 12.3 Å². The smallest absolute Gasteiger partial charge is 0.123 e. The maximum absolute atomic E-state index is 12.5. The van der Waals surface area contributed by atoms with Crippen molar-refractivity contribution in [1.29, 1.82) is 0 Å². The number of halogens is 2. The lowest BCUT2D eigenvalue weighted by molar-refractivity contribution is 0.431. The minimum atomic E-state index is -1.05. The fourth-order valence-electron chi connectivity index (χ4n) is 1.18. The molecule has 1 atom stereocenters. The predicted molar refractivity (Wildman–Crippen MR) is 64.5 cm³/mol. The van der Waals surface area contributed by atoms with Crippen LogP contribution >= 0.6 is 11.6 Å². The summed E-state index contributed by atoms with van der Waals surface area (Å²) in [5.74, 6) is 2.60. The highest BCUT2D eigenvalue weighted by atomic mass is 35.5. The van der Waals surface area contributed by atoms with Gasteiger partial charge in [-0.15, -0.1) is 12.2 Å². The Morgan fingerprint density at radius 2 is 2.07 bits per heavy atom. The standard InChI is InChI=1S/C13H16ClF/c1-5-11(6-2)12(7-3)13(14)9-8-10(4)15/h1,8,10H,6-7H2,2-4H3/b12-11+. The van der Waals surface area contributed by atoms with Crippen molar-refractivity contribution in [2.45, 2.75) is 39.8 Å². The lowest BCUT2D eigenvalue weighted by atomic mass is 10.0. The van der Waals surface area contributed by atoms with Gasteiger partial charge in [-0.2, -0.15) is 0 Å². The molecule has 0 bridgehead atoms. The molecule has 0 spiro atoms. The second-order valence-corrected chi connectivity index (χ2v) is 3.49. The molecule has 0 nitrogen and oxygen atoms in total. The van der Waals surface area contributed by atoms with Gasteiger partial charge in [0, 0.05) is 5.57 Å². The third kappa shape index (κ3) is 4.88. The summed E-state index contributed by atoms with van der Waals surface area (Å²) >= 11 is 6.00. The number of allylic oxidation sites excluding steroid dienone is 3. The first-order valence-corrected chi connectivity index (χ1v) is 5.39. The van der Waals surface area contributed by atoms with Gasteiger partial charge in [-0.05, 0) is 31.4 Å². The van der Waals surface area contributed by atoms with Crippen molar-refractivity contribution in [2.24, 2.45) is 0 Å². The highest BCUT2D eigenvalue weighted by Gasteiger charge is 2.04. The van der Waals surface area contributed by atoms with Crippen LogP contribution in [0.2, 0.25) is 0 Å². The van der Waals surface area contributed by atoms with E-state index in [-0.39, 0.29) is 0 Å². The maximum Gasteiger partial charge on any atom is 0.123 e. The Bertz CT molecular complexity index is 336. The average molecular weight is 227 g/mol. The maximum atomic E-state index is 12.5. The van der Waals surface area contributed by atoms with Gasteiger partial charge in [-0.25, -0.2) is 4.39 Å². The molecule has 0 amide bonds. The third-order valence-corrected chi connectivity index (χ3v) is 2.29. The largest absolute Gasteiger partial charge is 0.243 e. The van der Waals surface area contributed by atoms with Gasteiger partial charge in [0.25, 0.3) is 0 Å². The van der Waals surface area contributed by atoms with Crippen LogP contribution in [0.3, 0.4) is 0 Å². The molecule has 0 rings (SSSR count). The summed E-state index contributed by atoms with van der Waals surface area (Å²) in [5.41, 5.74) is 4.44. The molecule has 0 radical (unpaired) electrons. The number of hydrogen-bond donors (Lipinski definition) is 0. The van der Waals surface area contributed by atoms with E-state index in [0.29, 0.717) is 5.03 Å². The van der Waals surface area contributed by atoms with Crippen molar-refractivity contribution in [1.82, 2.24) is 0 Å². The van der Waals surface area contributed by atoms with Crippen molar-refractivity contribution in [3.05, 3.63) is 28.0 Å². The summed E-state index contributed by atoms with van der Waals surface area (Å²) in [6.45, 7) is 5.36. The first-order valence-electron chi connectivity index (χ1n) is 5.02. The van der Waals surface area contributed by atoms with Crippen LogP contribution in [0, 0.1) is 12.3 Å².